The van der Waals surface area contributed by atoms with Crippen molar-refractivity contribution in [1.82, 2.24) is 4.98 Å². The van der Waals surface area contributed by atoms with E-state index in [4.69, 9.17) is 16.3 Å². The van der Waals surface area contributed by atoms with E-state index in [-0.39, 0.29) is 0 Å². The SMILES string of the molecule is C=CCOc1c(C)c(C)nc(C)c1CCl. The number of hydrogen-bond acceptors (Lipinski definition) is 2. The number of ether oxygens (including phenoxy) is 1. The van der Waals surface area contributed by atoms with E-state index >= 15 is 0 Å². The lowest BCUT2D eigenvalue weighted by molar-refractivity contribution is 0.356. The lowest BCUT2D eigenvalue weighted by Gasteiger charge is -2.15. The molecule has 0 amide bonds. The van der Waals surface area contributed by atoms with E-state index in [9.17, 15) is 0 Å². The molecule has 82 valence electrons. The highest BCUT2D eigenvalue weighted by Gasteiger charge is 2.12. The Hall–Kier alpha value is -1.02. The summed E-state index contributed by atoms with van der Waals surface area (Å²) in [7, 11) is 0. The van der Waals surface area contributed by atoms with Crippen LogP contribution in [-0.2, 0) is 5.88 Å². The molecule has 0 aromatic carbocycles. The number of halogens is 1. The van der Waals surface area contributed by atoms with Crippen LogP contribution in [0.5, 0.6) is 5.75 Å². The van der Waals surface area contributed by atoms with Crippen LogP contribution < -0.4 is 4.74 Å². The van der Waals surface area contributed by atoms with Gasteiger partial charge in [-0.1, -0.05) is 12.7 Å². The van der Waals surface area contributed by atoms with Crippen molar-refractivity contribution in [3.63, 3.8) is 0 Å². The van der Waals surface area contributed by atoms with Crippen LogP contribution in [0.1, 0.15) is 22.5 Å². The molecule has 0 spiro atoms. The van der Waals surface area contributed by atoms with Gasteiger partial charge in [0, 0.05) is 22.5 Å². The fourth-order valence-corrected chi connectivity index (χ4v) is 1.77. The summed E-state index contributed by atoms with van der Waals surface area (Å²) in [6.45, 7) is 10.0. The van der Waals surface area contributed by atoms with Gasteiger partial charge in [-0.2, -0.15) is 0 Å². The Kier molecular flexibility index (Phi) is 4.15. The lowest BCUT2D eigenvalue weighted by atomic mass is 10.1. The maximum atomic E-state index is 5.89. The van der Waals surface area contributed by atoms with E-state index in [2.05, 4.69) is 11.6 Å². The minimum absolute atomic E-state index is 0.423. The minimum atomic E-state index is 0.423. The molecule has 0 saturated carbocycles. The zero-order chi connectivity index (χ0) is 11.4. The smallest absolute Gasteiger partial charge is 0.130 e. The number of alkyl halides is 1. The Morgan fingerprint density at radius 2 is 2.00 bits per heavy atom. The van der Waals surface area contributed by atoms with Gasteiger partial charge < -0.3 is 4.74 Å². The summed E-state index contributed by atoms with van der Waals surface area (Å²) in [6, 6.07) is 0. The molecular formula is C12H16ClNO. The van der Waals surface area contributed by atoms with Crippen LogP contribution in [0, 0.1) is 20.8 Å². The van der Waals surface area contributed by atoms with Gasteiger partial charge in [-0.15, -0.1) is 11.6 Å². The molecule has 0 radical (unpaired) electrons. The fourth-order valence-electron chi connectivity index (χ4n) is 1.45. The van der Waals surface area contributed by atoms with E-state index in [1.165, 1.54) is 0 Å². The van der Waals surface area contributed by atoms with Gasteiger partial charge in [-0.3, -0.25) is 4.98 Å². The van der Waals surface area contributed by atoms with Crippen LogP contribution in [0.25, 0.3) is 0 Å². The maximum Gasteiger partial charge on any atom is 0.130 e. The number of rotatable bonds is 4. The Labute approximate surface area is 95.9 Å². The molecule has 0 saturated heterocycles. The van der Waals surface area contributed by atoms with Gasteiger partial charge in [-0.25, -0.2) is 0 Å². The van der Waals surface area contributed by atoms with Gasteiger partial charge in [0.05, 0.1) is 5.88 Å². The average molecular weight is 226 g/mol. The Morgan fingerprint density at radius 1 is 1.33 bits per heavy atom. The third kappa shape index (κ3) is 2.51. The van der Waals surface area contributed by atoms with Crippen molar-refractivity contribution in [3.8, 4) is 5.75 Å². The average Bonchev–Trinajstić information content (AvgIpc) is 2.21. The van der Waals surface area contributed by atoms with Crippen LogP contribution >= 0.6 is 11.6 Å². The van der Waals surface area contributed by atoms with Crippen LogP contribution in [0.15, 0.2) is 12.7 Å². The first-order chi connectivity index (χ1) is 7.11. The van der Waals surface area contributed by atoms with Crippen molar-refractivity contribution in [2.45, 2.75) is 26.7 Å². The normalized spacial score (nSPS) is 10.1. The maximum absolute atomic E-state index is 5.89. The molecule has 0 N–H and O–H groups in total. The van der Waals surface area contributed by atoms with E-state index in [0.29, 0.717) is 12.5 Å². The molecule has 1 rings (SSSR count). The predicted molar refractivity (Wildman–Crippen MR) is 63.7 cm³/mol. The lowest BCUT2D eigenvalue weighted by Crippen LogP contribution is -2.04. The quantitative estimate of drug-likeness (QED) is 0.580. The summed E-state index contributed by atoms with van der Waals surface area (Å²) in [5, 5.41) is 0. The summed E-state index contributed by atoms with van der Waals surface area (Å²) < 4.78 is 5.63. The van der Waals surface area contributed by atoms with Crippen LogP contribution in [0.3, 0.4) is 0 Å². The number of hydrogen-bond donors (Lipinski definition) is 0. The van der Waals surface area contributed by atoms with Crippen molar-refractivity contribution < 1.29 is 4.74 Å². The minimum Gasteiger partial charge on any atom is -0.489 e. The standard InChI is InChI=1S/C12H16ClNO/c1-5-6-15-12-8(2)9(3)14-10(4)11(12)7-13/h5H,1,6-7H2,2-4H3. The van der Waals surface area contributed by atoms with E-state index in [1.54, 1.807) is 6.08 Å². The van der Waals surface area contributed by atoms with Gasteiger partial charge in [0.15, 0.2) is 0 Å². The van der Waals surface area contributed by atoms with Crippen molar-refractivity contribution in [3.05, 3.63) is 35.2 Å². The van der Waals surface area contributed by atoms with Gasteiger partial charge in [0.1, 0.15) is 12.4 Å². The van der Waals surface area contributed by atoms with Gasteiger partial charge in [-0.05, 0) is 20.8 Å². The third-order valence-corrected chi connectivity index (χ3v) is 2.68. The van der Waals surface area contributed by atoms with Crippen molar-refractivity contribution in [2.75, 3.05) is 6.61 Å². The van der Waals surface area contributed by atoms with Crippen LogP contribution in [0.2, 0.25) is 0 Å². The van der Waals surface area contributed by atoms with E-state index in [0.717, 1.165) is 28.3 Å². The largest absolute Gasteiger partial charge is 0.489 e. The predicted octanol–water partition coefficient (Wildman–Crippen LogP) is 3.31. The molecule has 1 aromatic rings. The highest BCUT2D eigenvalue weighted by molar-refractivity contribution is 6.17. The van der Waals surface area contributed by atoms with Gasteiger partial charge in [0.2, 0.25) is 0 Å². The van der Waals surface area contributed by atoms with Crippen LogP contribution in [-0.4, -0.2) is 11.6 Å². The molecule has 3 heteroatoms. The molecule has 15 heavy (non-hydrogen) atoms. The van der Waals surface area contributed by atoms with E-state index < -0.39 is 0 Å². The molecule has 0 atom stereocenters. The molecule has 1 heterocycles. The monoisotopic (exact) mass is 225 g/mol. The molecule has 0 aliphatic heterocycles. The number of aryl methyl sites for hydroxylation is 2. The van der Waals surface area contributed by atoms with E-state index in [1.807, 2.05) is 20.8 Å². The molecular weight excluding hydrogens is 210 g/mol. The number of aromatic nitrogens is 1. The second-order valence-electron chi connectivity index (χ2n) is 3.45. The number of nitrogens with zero attached hydrogens (tertiary/aromatic N) is 1. The highest BCUT2D eigenvalue weighted by atomic mass is 35.5. The second kappa shape index (κ2) is 5.17. The van der Waals surface area contributed by atoms with Crippen molar-refractivity contribution in [1.29, 1.82) is 0 Å². The second-order valence-corrected chi connectivity index (χ2v) is 3.72. The third-order valence-electron chi connectivity index (χ3n) is 2.41. The van der Waals surface area contributed by atoms with Gasteiger partial charge >= 0.3 is 0 Å². The topological polar surface area (TPSA) is 22.1 Å². The Balaban J connectivity index is 3.23. The Morgan fingerprint density at radius 3 is 2.53 bits per heavy atom. The molecule has 0 unspecified atom stereocenters. The molecule has 1 aromatic heterocycles. The summed E-state index contributed by atoms with van der Waals surface area (Å²) >= 11 is 5.89. The first-order valence-corrected chi connectivity index (χ1v) is 5.41. The zero-order valence-electron chi connectivity index (χ0n) is 9.43. The summed E-state index contributed by atoms with van der Waals surface area (Å²) in [5.74, 6) is 1.28. The molecule has 0 aliphatic rings. The molecule has 0 fully saturated rings. The number of pyridine rings is 1. The fraction of sp³-hybridized carbons (Fsp3) is 0.417. The summed E-state index contributed by atoms with van der Waals surface area (Å²) in [5.41, 5.74) is 3.95. The summed E-state index contributed by atoms with van der Waals surface area (Å²) in [4.78, 5) is 4.42. The Bertz CT molecular complexity index is 374. The summed E-state index contributed by atoms with van der Waals surface area (Å²) in [6.07, 6.45) is 1.72. The first kappa shape index (κ1) is 12.1. The molecule has 2 nitrogen and oxygen atoms in total. The van der Waals surface area contributed by atoms with Crippen LogP contribution in [0.4, 0.5) is 0 Å². The van der Waals surface area contributed by atoms with Crippen molar-refractivity contribution >= 4 is 11.6 Å². The molecule has 0 bridgehead atoms. The first-order valence-electron chi connectivity index (χ1n) is 4.88. The highest BCUT2D eigenvalue weighted by Crippen LogP contribution is 2.28. The molecule has 0 aliphatic carbocycles. The van der Waals surface area contributed by atoms with Gasteiger partial charge in [0.25, 0.3) is 0 Å². The van der Waals surface area contributed by atoms with Crippen molar-refractivity contribution in [2.24, 2.45) is 0 Å². The zero-order valence-corrected chi connectivity index (χ0v) is 10.2.